The van der Waals surface area contributed by atoms with Crippen LogP contribution in [0.5, 0.6) is 11.5 Å². The van der Waals surface area contributed by atoms with Gasteiger partial charge in [-0.15, -0.1) is 0 Å². The summed E-state index contributed by atoms with van der Waals surface area (Å²) in [5, 5.41) is 21.0. The van der Waals surface area contributed by atoms with Gasteiger partial charge in [0.1, 0.15) is 11.5 Å². The zero-order valence-electron chi connectivity index (χ0n) is 14.7. The molecule has 0 saturated carbocycles. The van der Waals surface area contributed by atoms with Crippen molar-refractivity contribution in [3.8, 4) is 11.5 Å². The van der Waals surface area contributed by atoms with Crippen LogP contribution in [0.15, 0.2) is 35.9 Å². The fraction of sp³-hybridized carbons (Fsp3) is 0.524. The summed E-state index contributed by atoms with van der Waals surface area (Å²) in [6, 6.07) is 3.67. The van der Waals surface area contributed by atoms with E-state index in [2.05, 4.69) is 26.5 Å². The molecule has 2 nitrogen and oxygen atoms in total. The van der Waals surface area contributed by atoms with Gasteiger partial charge in [0.15, 0.2) is 0 Å². The number of unbranched alkanes of at least 4 members (excludes halogenated alkanes) is 3. The Kier molecular flexibility index (Phi) is 5.92. The molecule has 0 bridgehead atoms. The van der Waals surface area contributed by atoms with E-state index in [9.17, 15) is 10.2 Å². The third kappa shape index (κ3) is 4.19. The molecule has 0 amide bonds. The van der Waals surface area contributed by atoms with Crippen molar-refractivity contribution in [3.63, 3.8) is 0 Å². The van der Waals surface area contributed by atoms with Crippen LogP contribution in [0.1, 0.15) is 69.9 Å². The summed E-state index contributed by atoms with van der Waals surface area (Å²) in [5.74, 6) is 0.758. The van der Waals surface area contributed by atoms with E-state index in [4.69, 9.17) is 0 Å². The smallest absolute Gasteiger partial charge is 0.123 e. The van der Waals surface area contributed by atoms with Gasteiger partial charge in [-0.05, 0) is 50.8 Å². The number of aryl methyl sites for hydroxylation is 1. The monoisotopic (exact) mass is 314 g/mol. The van der Waals surface area contributed by atoms with Gasteiger partial charge < -0.3 is 10.2 Å². The summed E-state index contributed by atoms with van der Waals surface area (Å²) >= 11 is 0. The molecule has 0 radical (unpaired) electrons. The van der Waals surface area contributed by atoms with Gasteiger partial charge >= 0.3 is 0 Å². The number of allylic oxidation sites excluding steroid dienone is 3. The Bertz CT molecular complexity index is 575. The van der Waals surface area contributed by atoms with Crippen molar-refractivity contribution in [2.75, 3.05) is 0 Å². The normalized spacial score (nSPS) is 20.6. The van der Waals surface area contributed by atoms with E-state index in [1.807, 2.05) is 19.1 Å². The molecule has 1 aromatic rings. The first-order valence-corrected chi connectivity index (χ1v) is 8.81. The molecule has 1 aliphatic rings. The number of aromatic hydroxyl groups is 2. The lowest BCUT2D eigenvalue weighted by molar-refractivity contribution is 0.419. The molecule has 2 rings (SSSR count). The van der Waals surface area contributed by atoms with E-state index in [1.54, 1.807) is 0 Å². The van der Waals surface area contributed by atoms with Gasteiger partial charge in [0, 0.05) is 17.4 Å². The maximum atomic E-state index is 10.5. The number of hydrogen-bond donors (Lipinski definition) is 2. The van der Waals surface area contributed by atoms with Crippen LogP contribution in [0.3, 0.4) is 0 Å². The molecule has 2 N–H and O–H groups in total. The Morgan fingerprint density at radius 3 is 2.39 bits per heavy atom. The fourth-order valence-corrected chi connectivity index (χ4v) is 3.69. The fourth-order valence-electron chi connectivity index (χ4n) is 3.69. The van der Waals surface area contributed by atoms with E-state index < -0.39 is 0 Å². The molecule has 2 unspecified atom stereocenters. The molecule has 1 aliphatic carbocycles. The summed E-state index contributed by atoms with van der Waals surface area (Å²) in [5.41, 5.74) is 4.08. The number of phenolic OH excluding ortho intramolecular Hbond substituents is 2. The highest BCUT2D eigenvalue weighted by molar-refractivity contribution is 5.51. The van der Waals surface area contributed by atoms with Gasteiger partial charge in [0.2, 0.25) is 0 Å². The van der Waals surface area contributed by atoms with E-state index in [0.29, 0.717) is 5.56 Å². The first-order valence-electron chi connectivity index (χ1n) is 8.81. The second kappa shape index (κ2) is 7.72. The zero-order chi connectivity index (χ0) is 17.0. The Labute approximate surface area is 140 Å². The molecule has 23 heavy (non-hydrogen) atoms. The largest absolute Gasteiger partial charge is 0.508 e. The third-order valence-electron chi connectivity index (χ3n) is 4.89. The molecule has 1 aromatic carbocycles. The molecule has 0 spiro atoms. The van der Waals surface area contributed by atoms with Gasteiger partial charge in [0.25, 0.3) is 0 Å². The van der Waals surface area contributed by atoms with Crippen LogP contribution >= 0.6 is 0 Å². The van der Waals surface area contributed by atoms with E-state index in [0.717, 1.165) is 30.4 Å². The summed E-state index contributed by atoms with van der Waals surface area (Å²) in [6.45, 7) is 10.4. The third-order valence-corrected chi connectivity index (χ3v) is 4.89. The Morgan fingerprint density at radius 2 is 1.83 bits per heavy atom. The van der Waals surface area contributed by atoms with E-state index in [1.165, 1.54) is 24.8 Å². The molecule has 0 fully saturated rings. The van der Waals surface area contributed by atoms with E-state index in [-0.39, 0.29) is 23.3 Å². The van der Waals surface area contributed by atoms with Gasteiger partial charge in [0.05, 0.1) is 0 Å². The average molecular weight is 314 g/mol. The van der Waals surface area contributed by atoms with Crippen molar-refractivity contribution >= 4 is 0 Å². The van der Waals surface area contributed by atoms with Crippen molar-refractivity contribution in [1.29, 1.82) is 0 Å². The van der Waals surface area contributed by atoms with E-state index >= 15 is 0 Å². The topological polar surface area (TPSA) is 40.5 Å². The number of benzene rings is 1. The quantitative estimate of drug-likeness (QED) is 0.490. The van der Waals surface area contributed by atoms with Crippen molar-refractivity contribution in [2.45, 2.75) is 65.2 Å². The molecular formula is C21H30O2. The summed E-state index contributed by atoms with van der Waals surface area (Å²) in [7, 11) is 0. The minimum absolute atomic E-state index is 0.0987. The maximum absolute atomic E-state index is 10.5. The van der Waals surface area contributed by atoms with Crippen LogP contribution in [0, 0.1) is 5.92 Å². The van der Waals surface area contributed by atoms with Gasteiger partial charge in [-0.2, -0.15) is 0 Å². The number of phenols is 2. The minimum atomic E-state index is 0.0987. The molecule has 2 atom stereocenters. The highest BCUT2D eigenvalue weighted by atomic mass is 16.3. The summed E-state index contributed by atoms with van der Waals surface area (Å²) in [4.78, 5) is 0. The second-order valence-electron chi connectivity index (χ2n) is 7.05. The van der Waals surface area contributed by atoms with Crippen LogP contribution in [0.4, 0.5) is 0 Å². The zero-order valence-corrected chi connectivity index (χ0v) is 14.7. The van der Waals surface area contributed by atoms with Gasteiger partial charge in [-0.25, -0.2) is 0 Å². The first kappa shape index (κ1) is 17.7. The highest BCUT2D eigenvalue weighted by Gasteiger charge is 2.31. The molecule has 126 valence electrons. The van der Waals surface area contributed by atoms with Crippen LogP contribution in [-0.2, 0) is 6.42 Å². The molecule has 0 heterocycles. The number of hydrogen-bond acceptors (Lipinski definition) is 2. The lowest BCUT2D eigenvalue weighted by atomic mass is 9.83. The van der Waals surface area contributed by atoms with Crippen LogP contribution < -0.4 is 0 Å². The molecular weight excluding hydrogens is 284 g/mol. The van der Waals surface area contributed by atoms with Crippen molar-refractivity contribution in [2.24, 2.45) is 5.92 Å². The lowest BCUT2D eigenvalue weighted by Crippen LogP contribution is -2.08. The van der Waals surface area contributed by atoms with Gasteiger partial charge in [-0.3, -0.25) is 0 Å². The van der Waals surface area contributed by atoms with Crippen molar-refractivity contribution in [1.82, 2.24) is 0 Å². The van der Waals surface area contributed by atoms with Crippen molar-refractivity contribution in [3.05, 3.63) is 47.1 Å². The van der Waals surface area contributed by atoms with Gasteiger partial charge in [-0.1, -0.05) is 50.0 Å². The number of rotatable bonds is 7. The Balaban J connectivity index is 2.19. The molecule has 0 aromatic heterocycles. The predicted molar refractivity (Wildman–Crippen MR) is 97.0 cm³/mol. The summed E-state index contributed by atoms with van der Waals surface area (Å²) < 4.78 is 0. The Morgan fingerprint density at radius 1 is 1.17 bits per heavy atom. The molecule has 0 aliphatic heterocycles. The predicted octanol–water partition coefficient (Wildman–Crippen LogP) is 5.85. The lowest BCUT2D eigenvalue weighted by Gasteiger charge is -2.22. The molecule has 2 heteroatoms. The van der Waals surface area contributed by atoms with Crippen LogP contribution in [-0.4, -0.2) is 10.2 Å². The maximum Gasteiger partial charge on any atom is 0.123 e. The average Bonchev–Trinajstić information content (AvgIpc) is 2.85. The molecule has 0 saturated heterocycles. The SMILES string of the molecule is C=C(C)C1C=C(C)CC1c1c(O)cc(CCCCCC)cc1O. The second-order valence-corrected chi connectivity index (χ2v) is 7.05. The Hall–Kier alpha value is -1.70. The summed E-state index contributed by atoms with van der Waals surface area (Å²) in [6.07, 6.45) is 8.75. The minimum Gasteiger partial charge on any atom is -0.508 e. The first-order chi connectivity index (χ1) is 10.9. The highest BCUT2D eigenvalue weighted by Crippen LogP contribution is 2.48. The standard InChI is InChI=1S/C21H30O2/c1-5-6-7-8-9-16-12-19(22)21(20(23)13-16)18-11-15(4)10-17(18)14(2)3/h10,12-13,17-18,22-23H,2,5-9,11H2,1,3-4H3. The van der Waals surface area contributed by atoms with Crippen LogP contribution in [0.25, 0.3) is 0 Å². The van der Waals surface area contributed by atoms with Crippen molar-refractivity contribution < 1.29 is 10.2 Å². The van der Waals surface area contributed by atoms with Crippen LogP contribution in [0.2, 0.25) is 0 Å².